The molecule has 5 heteroatoms. The van der Waals surface area contributed by atoms with Gasteiger partial charge in [0.05, 0.1) is 5.52 Å². The molecule has 0 radical (unpaired) electrons. The van der Waals surface area contributed by atoms with Crippen molar-refractivity contribution < 1.29 is 19.4 Å². The Morgan fingerprint density at radius 3 is 2.70 bits per heavy atom. The Morgan fingerprint density at radius 2 is 1.95 bits per heavy atom. The summed E-state index contributed by atoms with van der Waals surface area (Å²) >= 11 is 0. The Bertz CT molecular complexity index is 773. The zero-order valence-electron chi connectivity index (χ0n) is 10.4. The minimum Gasteiger partial charge on any atom is -0.475 e. The van der Waals surface area contributed by atoms with Gasteiger partial charge in [0.2, 0.25) is 5.76 Å². The van der Waals surface area contributed by atoms with Crippen molar-refractivity contribution in [3.05, 3.63) is 65.7 Å². The number of rotatable bonds is 3. The highest BCUT2D eigenvalue weighted by atomic mass is 16.4. The van der Waals surface area contributed by atoms with E-state index in [1.807, 2.05) is 24.3 Å². The average molecular weight is 269 g/mol. The lowest BCUT2D eigenvalue weighted by Gasteiger charge is -2.10. The van der Waals surface area contributed by atoms with Gasteiger partial charge in [-0.15, -0.1) is 0 Å². The number of fused-ring (bicyclic) bond motifs is 1. The minimum absolute atomic E-state index is 0.193. The van der Waals surface area contributed by atoms with E-state index in [0.717, 1.165) is 10.9 Å². The number of carbonyl (C=O) groups is 1. The summed E-state index contributed by atoms with van der Waals surface area (Å²) in [6.45, 7) is 0. The Kier molecular flexibility index (Phi) is 2.96. The van der Waals surface area contributed by atoms with Crippen molar-refractivity contribution in [2.75, 3.05) is 0 Å². The molecule has 20 heavy (non-hydrogen) atoms. The van der Waals surface area contributed by atoms with Crippen molar-refractivity contribution in [1.82, 2.24) is 4.98 Å². The maximum atomic E-state index is 10.8. The summed E-state index contributed by atoms with van der Waals surface area (Å²) in [5.74, 6) is -1.17. The molecule has 0 fully saturated rings. The van der Waals surface area contributed by atoms with E-state index < -0.39 is 12.1 Å². The third-order valence-electron chi connectivity index (χ3n) is 3.08. The van der Waals surface area contributed by atoms with Gasteiger partial charge < -0.3 is 14.6 Å². The molecule has 0 aliphatic rings. The number of hydrogen-bond donors (Lipinski definition) is 2. The summed E-state index contributed by atoms with van der Waals surface area (Å²) < 4.78 is 5.14. The van der Waals surface area contributed by atoms with E-state index in [2.05, 4.69) is 4.98 Å². The second-order valence-corrected chi connectivity index (χ2v) is 4.33. The number of furan rings is 1. The van der Waals surface area contributed by atoms with Crippen LogP contribution in [0.3, 0.4) is 0 Å². The van der Waals surface area contributed by atoms with Gasteiger partial charge in [-0.1, -0.05) is 18.2 Å². The van der Waals surface area contributed by atoms with Crippen LogP contribution in [0.2, 0.25) is 0 Å². The van der Waals surface area contributed by atoms with Crippen LogP contribution >= 0.6 is 0 Å². The minimum atomic E-state index is -1.16. The molecule has 0 saturated heterocycles. The molecule has 100 valence electrons. The molecule has 0 saturated carbocycles. The number of aliphatic hydroxyl groups is 1. The first-order valence-electron chi connectivity index (χ1n) is 6.01. The molecule has 1 unspecified atom stereocenters. The van der Waals surface area contributed by atoms with E-state index in [1.54, 1.807) is 12.3 Å². The third-order valence-corrected chi connectivity index (χ3v) is 3.08. The van der Waals surface area contributed by atoms with Crippen LogP contribution in [-0.4, -0.2) is 21.2 Å². The molecule has 2 aromatic heterocycles. The van der Waals surface area contributed by atoms with Gasteiger partial charge in [-0.2, -0.15) is 0 Å². The molecule has 3 rings (SSSR count). The smallest absolute Gasteiger partial charge is 0.371 e. The number of hydrogen-bond acceptors (Lipinski definition) is 4. The van der Waals surface area contributed by atoms with Crippen molar-refractivity contribution in [2.24, 2.45) is 0 Å². The van der Waals surface area contributed by atoms with E-state index in [-0.39, 0.29) is 11.5 Å². The van der Waals surface area contributed by atoms with Crippen LogP contribution in [0.25, 0.3) is 10.9 Å². The lowest BCUT2D eigenvalue weighted by Crippen LogP contribution is -2.00. The van der Waals surface area contributed by atoms with Gasteiger partial charge in [-0.3, -0.25) is 4.98 Å². The number of para-hydroxylation sites is 1. The Hall–Kier alpha value is -2.66. The number of aliphatic hydroxyl groups excluding tert-OH is 1. The van der Waals surface area contributed by atoms with Gasteiger partial charge in [0.25, 0.3) is 0 Å². The summed E-state index contributed by atoms with van der Waals surface area (Å²) in [6, 6.07) is 11.9. The first-order chi connectivity index (χ1) is 9.66. The number of aromatic carboxylic acids is 1. The largest absolute Gasteiger partial charge is 0.475 e. The summed E-state index contributed by atoms with van der Waals surface area (Å²) in [5.41, 5.74) is 1.39. The van der Waals surface area contributed by atoms with E-state index in [0.29, 0.717) is 5.56 Å². The Labute approximate surface area is 114 Å². The van der Waals surface area contributed by atoms with E-state index in [4.69, 9.17) is 9.52 Å². The predicted octanol–water partition coefficient (Wildman–Crippen LogP) is 2.61. The highest BCUT2D eigenvalue weighted by Gasteiger charge is 2.19. The average Bonchev–Trinajstić information content (AvgIpc) is 2.96. The molecule has 2 heterocycles. The number of benzene rings is 1. The Balaban J connectivity index is 2.07. The second-order valence-electron chi connectivity index (χ2n) is 4.33. The lowest BCUT2D eigenvalue weighted by molar-refractivity contribution is 0.0655. The fourth-order valence-corrected chi connectivity index (χ4v) is 2.12. The number of pyridine rings is 1. The number of carboxylic acids is 1. The van der Waals surface area contributed by atoms with Gasteiger partial charge in [-0.05, 0) is 29.8 Å². The van der Waals surface area contributed by atoms with Gasteiger partial charge in [0, 0.05) is 11.6 Å². The molecular formula is C15H11NO4. The fourth-order valence-electron chi connectivity index (χ4n) is 2.12. The molecule has 1 atom stereocenters. The number of nitrogens with zero attached hydrogens (tertiary/aromatic N) is 1. The highest BCUT2D eigenvalue weighted by molar-refractivity contribution is 5.84. The van der Waals surface area contributed by atoms with E-state index in [1.165, 1.54) is 12.1 Å². The summed E-state index contributed by atoms with van der Waals surface area (Å²) in [7, 11) is 0. The molecule has 1 aromatic carbocycles. The van der Waals surface area contributed by atoms with Crippen LogP contribution in [0.15, 0.2) is 53.1 Å². The van der Waals surface area contributed by atoms with Crippen molar-refractivity contribution in [3.8, 4) is 0 Å². The monoisotopic (exact) mass is 269 g/mol. The van der Waals surface area contributed by atoms with Crippen LogP contribution in [0.4, 0.5) is 0 Å². The second kappa shape index (κ2) is 4.79. The van der Waals surface area contributed by atoms with Crippen molar-refractivity contribution in [3.63, 3.8) is 0 Å². The van der Waals surface area contributed by atoms with Crippen LogP contribution in [0.1, 0.15) is 28.0 Å². The molecule has 0 spiro atoms. The maximum Gasteiger partial charge on any atom is 0.371 e. The van der Waals surface area contributed by atoms with Gasteiger partial charge in [0.1, 0.15) is 11.9 Å². The van der Waals surface area contributed by atoms with Crippen molar-refractivity contribution >= 4 is 16.9 Å². The summed E-state index contributed by atoms with van der Waals surface area (Å²) in [5, 5.41) is 20.0. The quantitative estimate of drug-likeness (QED) is 0.763. The molecule has 0 bridgehead atoms. The SMILES string of the molecule is O=C(O)c1ccc(C(O)c2ccnc3ccccc23)o1. The predicted molar refractivity (Wildman–Crippen MR) is 71.5 cm³/mol. The van der Waals surface area contributed by atoms with Crippen LogP contribution in [-0.2, 0) is 0 Å². The summed E-state index contributed by atoms with van der Waals surface area (Å²) in [4.78, 5) is 15.0. The summed E-state index contributed by atoms with van der Waals surface area (Å²) in [6.07, 6.45) is 0.568. The zero-order valence-corrected chi connectivity index (χ0v) is 10.4. The lowest BCUT2D eigenvalue weighted by atomic mass is 10.0. The molecule has 2 N–H and O–H groups in total. The first kappa shape index (κ1) is 12.4. The standard InChI is InChI=1S/C15H11NO4/c17-14(12-5-6-13(20-12)15(18)19)10-7-8-16-11-4-2-1-3-9(10)11/h1-8,14,17H,(H,18,19). The molecule has 3 aromatic rings. The van der Waals surface area contributed by atoms with Crippen molar-refractivity contribution in [1.29, 1.82) is 0 Å². The van der Waals surface area contributed by atoms with Crippen LogP contribution < -0.4 is 0 Å². The first-order valence-corrected chi connectivity index (χ1v) is 6.01. The molecule has 0 amide bonds. The topological polar surface area (TPSA) is 83.6 Å². The van der Waals surface area contributed by atoms with E-state index in [9.17, 15) is 9.90 Å². The van der Waals surface area contributed by atoms with Crippen LogP contribution in [0, 0.1) is 0 Å². The van der Waals surface area contributed by atoms with Gasteiger partial charge in [0.15, 0.2) is 0 Å². The third kappa shape index (κ3) is 2.04. The zero-order chi connectivity index (χ0) is 14.1. The normalized spacial score (nSPS) is 12.4. The van der Waals surface area contributed by atoms with Gasteiger partial charge in [-0.25, -0.2) is 4.79 Å². The highest BCUT2D eigenvalue weighted by Crippen LogP contribution is 2.28. The van der Waals surface area contributed by atoms with Crippen LogP contribution in [0.5, 0.6) is 0 Å². The molecule has 0 aliphatic carbocycles. The van der Waals surface area contributed by atoms with E-state index >= 15 is 0 Å². The molecule has 5 nitrogen and oxygen atoms in total. The molecular weight excluding hydrogens is 258 g/mol. The number of carboxylic acid groups (broad SMARTS) is 1. The maximum absolute atomic E-state index is 10.8. The van der Waals surface area contributed by atoms with Gasteiger partial charge >= 0.3 is 5.97 Å². The number of aromatic nitrogens is 1. The fraction of sp³-hybridized carbons (Fsp3) is 0.0667. The van der Waals surface area contributed by atoms with Crippen molar-refractivity contribution in [2.45, 2.75) is 6.10 Å². The Morgan fingerprint density at radius 1 is 1.15 bits per heavy atom. The molecule has 0 aliphatic heterocycles.